The lowest BCUT2D eigenvalue weighted by atomic mass is 9.94. The number of likely N-dealkylation sites (tertiary alicyclic amines) is 1. The molecule has 2 rings (SSSR count). The highest BCUT2D eigenvalue weighted by atomic mass is 16.1. The minimum atomic E-state index is 0.0882. The third-order valence-corrected chi connectivity index (χ3v) is 5.34. The fourth-order valence-electron chi connectivity index (χ4n) is 3.89. The molecule has 1 heterocycles. The average molecular weight is 395 g/mol. The van der Waals surface area contributed by atoms with E-state index in [0.717, 1.165) is 38.0 Å². The van der Waals surface area contributed by atoms with Gasteiger partial charge in [-0.25, -0.2) is 0 Å². The van der Waals surface area contributed by atoms with Crippen molar-refractivity contribution in [2.24, 2.45) is 5.92 Å². The molecule has 0 bridgehead atoms. The molecule has 1 aromatic rings. The van der Waals surface area contributed by atoms with Crippen LogP contribution in [-0.2, 0) is 11.2 Å². The fourth-order valence-corrected chi connectivity index (χ4v) is 3.89. The summed E-state index contributed by atoms with van der Waals surface area (Å²) in [7, 11) is 0. The zero-order valence-electron chi connectivity index (χ0n) is 18.3. The Balaban J connectivity index is 2.12. The van der Waals surface area contributed by atoms with E-state index in [1.165, 1.54) is 24.8 Å². The molecule has 1 aliphatic heterocycles. The molecule has 1 atom stereocenters. The first-order valence-corrected chi connectivity index (χ1v) is 11.1. The molecule has 0 spiro atoms. The molecule has 1 unspecified atom stereocenters. The van der Waals surface area contributed by atoms with E-state index in [1.807, 2.05) is 42.5 Å². The standard InChI is InChI=1S/C26H38N2O/c1-4-5-6-11-16-24(21-28-17-12-8-13-18-28)25(19-22(2)3)27-26(29)20-23-14-9-7-10-15-23/h4-7,9-10,14-16,22,25H,1,8,11-13,17-21H2,2-3H3,(H,27,29)/b6-5-,24-16+. The van der Waals surface area contributed by atoms with Crippen molar-refractivity contribution in [2.75, 3.05) is 19.6 Å². The van der Waals surface area contributed by atoms with Crippen molar-refractivity contribution < 1.29 is 4.79 Å². The second-order valence-corrected chi connectivity index (χ2v) is 8.43. The Kier molecular flexibility index (Phi) is 10.5. The number of amides is 1. The lowest BCUT2D eigenvalue weighted by Crippen LogP contribution is -2.42. The highest BCUT2D eigenvalue weighted by Crippen LogP contribution is 2.18. The van der Waals surface area contributed by atoms with Crippen molar-refractivity contribution in [3.05, 3.63) is 72.4 Å². The highest BCUT2D eigenvalue weighted by molar-refractivity contribution is 5.79. The van der Waals surface area contributed by atoms with E-state index in [4.69, 9.17) is 0 Å². The molecule has 29 heavy (non-hydrogen) atoms. The van der Waals surface area contributed by atoms with Crippen LogP contribution in [0.1, 0.15) is 51.5 Å². The first kappa shape index (κ1) is 23.2. The maximum Gasteiger partial charge on any atom is 0.224 e. The first-order chi connectivity index (χ1) is 14.1. The first-order valence-electron chi connectivity index (χ1n) is 11.1. The van der Waals surface area contributed by atoms with E-state index in [-0.39, 0.29) is 11.9 Å². The van der Waals surface area contributed by atoms with Crippen LogP contribution in [-0.4, -0.2) is 36.5 Å². The molecule has 1 saturated heterocycles. The van der Waals surface area contributed by atoms with Crippen LogP contribution >= 0.6 is 0 Å². The Hall–Kier alpha value is -2.13. The summed E-state index contributed by atoms with van der Waals surface area (Å²) in [5, 5.41) is 3.35. The van der Waals surface area contributed by atoms with Gasteiger partial charge in [-0.1, -0.05) is 81.5 Å². The normalized spacial score (nSPS) is 16.9. The van der Waals surface area contributed by atoms with Crippen molar-refractivity contribution in [3.63, 3.8) is 0 Å². The van der Waals surface area contributed by atoms with Crippen LogP contribution in [0.5, 0.6) is 0 Å². The second kappa shape index (κ2) is 13.2. The second-order valence-electron chi connectivity index (χ2n) is 8.43. The van der Waals surface area contributed by atoms with E-state index >= 15 is 0 Å². The lowest BCUT2D eigenvalue weighted by molar-refractivity contribution is -0.121. The van der Waals surface area contributed by atoms with Gasteiger partial charge in [0.1, 0.15) is 0 Å². The van der Waals surface area contributed by atoms with Crippen molar-refractivity contribution in [3.8, 4) is 0 Å². The van der Waals surface area contributed by atoms with E-state index in [9.17, 15) is 4.79 Å². The molecule has 0 radical (unpaired) electrons. The molecule has 0 saturated carbocycles. The molecular formula is C26H38N2O. The van der Waals surface area contributed by atoms with Gasteiger partial charge in [-0.05, 0) is 55.8 Å². The largest absolute Gasteiger partial charge is 0.349 e. The number of allylic oxidation sites excluding steroid dienone is 4. The topological polar surface area (TPSA) is 32.3 Å². The third kappa shape index (κ3) is 9.27. The number of hydrogen-bond donors (Lipinski definition) is 1. The van der Waals surface area contributed by atoms with Crippen LogP contribution in [0, 0.1) is 5.92 Å². The van der Waals surface area contributed by atoms with Crippen LogP contribution in [0.3, 0.4) is 0 Å². The van der Waals surface area contributed by atoms with Crippen LogP contribution < -0.4 is 5.32 Å². The Morgan fingerprint density at radius 2 is 1.90 bits per heavy atom. The molecule has 1 fully saturated rings. The highest BCUT2D eigenvalue weighted by Gasteiger charge is 2.21. The SMILES string of the molecule is C=C/C=C\C/C=C(\CN1CCCCC1)C(CC(C)C)NC(=O)Cc1ccccc1. The predicted molar refractivity (Wildman–Crippen MR) is 124 cm³/mol. The molecule has 1 amide bonds. The van der Waals surface area contributed by atoms with Gasteiger partial charge in [-0.2, -0.15) is 0 Å². The van der Waals surface area contributed by atoms with Gasteiger partial charge in [0.15, 0.2) is 0 Å². The molecule has 0 aliphatic carbocycles. The van der Waals surface area contributed by atoms with Crippen LogP contribution in [0.2, 0.25) is 0 Å². The van der Waals surface area contributed by atoms with Crippen molar-refractivity contribution in [1.82, 2.24) is 10.2 Å². The average Bonchev–Trinajstić information content (AvgIpc) is 2.71. The van der Waals surface area contributed by atoms with Gasteiger partial charge < -0.3 is 5.32 Å². The number of carbonyl (C=O) groups excluding carboxylic acids is 1. The van der Waals surface area contributed by atoms with Gasteiger partial charge >= 0.3 is 0 Å². The summed E-state index contributed by atoms with van der Waals surface area (Å²) in [6.45, 7) is 11.5. The number of nitrogens with one attached hydrogen (secondary N) is 1. The summed E-state index contributed by atoms with van der Waals surface area (Å²) in [5.41, 5.74) is 2.40. The molecule has 1 N–H and O–H groups in total. The quantitative estimate of drug-likeness (QED) is 0.408. The number of carbonyl (C=O) groups is 1. The molecule has 3 nitrogen and oxygen atoms in total. The Morgan fingerprint density at radius 1 is 1.17 bits per heavy atom. The van der Waals surface area contributed by atoms with Crippen LogP contribution in [0.25, 0.3) is 0 Å². The summed E-state index contributed by atoms with van der Waals surface area (Å²) in [6.07, 6.45) is 14.4. The van der Waals surface area contributed by atoms with Gasteiger partial charge in [0, 0.05) is 6.54 Å². The van der Waals surface area contributed by atoms with Crippen LogP contribution in [0.15, 0.2) is 66.8 Å². The zero-order valence-corrected chi connectivity index (χ0v) is 18.3. The number of nitrogens with zero attached hydrogens (tertiary/aromatic N) is 1. The maximum atomic E-state index is 12.8. The smallest absolute Gasteiger partial charge is 0.224 e. The predicted octanol–water partition coefficient (Wildman–Crippen LogP) is 5.30. The van der Waals surface area contributed by atoms with E-state index in [0.29, 0.717) is 12.3 Å². The summed E-state index contributed by atoms with van der Waals surface area (Å²) in [4.78, 5) is 15.3. The van der Waals surface area contributed by atoms with Crippen molar-refractivity contribution in [2.45, 2.75) is 58.4 Å². The Morgan fingerprint density at radius 3 is 2.55 bits per heavy atom. The number of benzene rings is 1. The minimum Gasteiger partial charge on any atom is -0.349 e. The molecule has 1 aliphatic rings. The van der Waals surface area contributed by atoms with Gasteiger partial charge in [0.25, 0.3) is 0 Å². The van der Waals surface area contributed by atoms with Gasteiger partial charge in [-0.15, -0.1) is 0 Å². The minimum absolute atomic E-state index is 0.0882. The number of hydrogen-bond acceptors (Lipinski definition) is 2. The summed E-state index contributed by atoms with van der Waals surface area (Å²) >= 11 is 0. The Labute approximate surface area is 177 Å². The van der Waals surface area contributed by atoms with Gasteiger partial charge in [0.2, 0.25) is 5.91 Å². The molecular weight excluding hydrogens is 356 g/mol. The molecule has 0 aromatic heterocycles. The van der Waals surface area contributed by atoms with E-state index < -0.39 is 0 Å². The van der Waals surface area contributed by atoms with E-state index in [1.54, 1.807) is 0 Å². The summed E-state index contributed by atoms with van der Waals surface area (Å²) in [6, 6.07) is 10.1. The molecule has 158 valence electrons. The monoisotopic (exact) mass is 394 g/mol. The maximum absolute atomic E-state index is 12.8. The number of piperidine rings is 1. The van der Waals surface area contributed by atoms with Crippen molar-refractivity contribution in [1.29, 1.82) is 0 Å². The lowest BCUT2D eigenvalue weighted by Gasteiger charge is -2.31. The van der Waals surface area contributed by atoms with Gasteiger partial charge in [0.05, 0.1) is 12.5 Å². The zero-order chi connectivity index (χ0) is 20.9. The number of rotatable bonds is 11. The molecule has 1 aromatic carbocycles. The fraction of sp³-hybridized carbons (Fsp3) is 0.500. The summed E-state index contributed by atoms with van der Waals surface area (Å²) in [5.74, 6) is 0.624. The molecule has 3 heteroatoms. The van der Waals surface area contributed by atoms with E-state index in [2.05, 4.69) is 42.8 Å². The third-order valence-electron chi connectivity index (χ3n) is 5.34. The van der Waals surface area contributed by atoms with Crippen LogP contribution in [0.4, 0.5) is 0 Å². The Bertz CT molecular complexity index is 669. The van der Waals surface area contributed by atoms with Gasteiger partial charge in [-0.3, -0.25) is 9.69 Å². The van der Waals surface area contributed by atoms with Crippen molar-refractivity contribution >= 4 is 5.91 Å². The summed E-state index contributed by atoms with van der Waals surface area (Å²) < 4.78 is 0.